The molecule has 32 heavy (non-hydrogen) atoms. The Hall–Kier alpha value is -4.00. The minimum atomic E-state index is -0.297. The summed E-state index contributed by atoms with van der Waals surface area (Å²) in [4.78, 5) is 16.7. The van der Waals surface area contributed by atoms with Crippen molar-refractivity contribution >= 4 is 17.7 Å². The van der Waals surface area contributed by atoms with Crippen molar-refractivity contribution in [1.29, 1.82) is 0 Å². The molecule has 4 rings (SSSR count). The molecular formula is C25H24FN5O. The second kappa shape index (κ2) is 9.43. The fourth-order valence-electron chi connectivity index (χ4n) is 3.47. The van der Waals surface area contributed by atoms with Crippen molar-refractivity contribution < 1.29 is 9.18 Å². The van der Waals surface area contributed by atoms with Crippen LogP contribution in [0.1, 0.15) is 23.7 Å². The summed E-state index contributed by atoms with van der Waals surface area (Å²) in [7, 11) is 1.81. The summed E-state index contributed by atoms with van der Waals surface area (Å²) in [5.74, 6) is -0.539. The van der Waals surface area contributed by atoms with Crippen LogP contribution in [0, 0.1) is 5.82 Å². The van der Waals surface area contributed by atoms with E-state index < -0.39 is 0 Å². The Bertz CT molecular complexity index is 1240. The highest BCUT2D eigenvalue weighted by Crippen LogP contribution is 2.24. The maximum absolute atomic E-state index is 13.2. The number of halogens is 1. The molecule has 2 aromatic carbocycles. The number of anilines is 1. The maximum atomic E-state index is 13.2. The lowest BCUT2D eigenvalue weighted by Crippen LogP contribution is -2.07. The van der Waals surface area contributed by atoms with E-state index in [0.717, 1.165) is 41.0 Å². The van der Waals surface area contributed by atoms with E-state index in [1.165, 1.54) is 18.2 Å². The molecule has 0 bridgehead atoms. The van der Waals surface area contributed by atoms with E-state index in [4.69, 9.17) is 0 Å². The van der Waals surface area contributed by atoms with Crippen LogP contribution in [0.15, 0.2) is 73.3 Å². The number of carbonyl (C=O) groups is 1. The van der Waals surface area contributed by atoms with Gasteiger partial charge in [-0.3, -0.25) is 9.48 Å². The Morgan fingerprint density at radius 1 is 1.12 bits per heavy atom. The Labute approximate surface area is 186 Å². The first kappa shape index (κ1) is 21.2. The van der Waals surface area contributed by atoms with Gasteiger partial charge in [0.1, 0.15) is 5.82 Å². The summed E-state index contributed by atoms with van der Waals surface area (Å²) >= 11 is 0. The lowest BCUT2D eigenvalue weighted by atomic mass is 10.1. The maximum Gasteiger partial charge on any atom is 0.248 e. The molecule has 0 radical (unpaired) electrons. The number of rotatable bonds is 7. The van der Waals surface area contributed by atoms with Gasteiger partial charge in [0.05, 0.1) is 23.9 Å². The zero-order valence-corrected chi connectivity index (χ0v) is 18.0. The van der Waals surface area contributed by atoms with Crippen LogP contribution in [-0.4, -0.2) is 25.2 Å². The summed E-state index contributed by atoms with van der Waals surface area (Å²) in [6, 6.07) is 13.9. The van der Waals surface area contributed by atoms with Crippen LogP contribution in [0.2, 0.25) is 0 Å². The van der Waals surface area contributed by atoms with Gasteiger partial charge in [-0.2, -0.15) is 5.10 Å². The first-order valence-corrected chi connectivity index (χ1v) is 10.4. The summed E-state index contributed by atoms with van der Waals surface area (Å²) in [6.45, 7) is 2.81. The lowest BCUT2D eigenvalue weighted by molar-refractivity contribution is -0.111. The molecule has 6 nitrogen and oxygen atoms in total. The van der Waals surface area contributed by atoms with Crippen molar-refractivity contribution in [3.63, 3.8) is 0 Å². The van der Waals surface area contributed by atoms with Gasteiger partial charge in [0.25, 0.3) is 0 Å². The smallest absolute Gasteiger partial charge is 0.248 e. The summed E-state index contributed by atoms with van der Waals surface area (Å²) in [5, 5.41) is 7.13. The molecule has 0 saturated carbocycles. The molecule has 7 heteroatoms. The molecule has 1 N–H and O–H groups in total. The average Bonchev–Trinajstić information content (AvgIpc) is 3.40. The molecule has 0 fully saturated rings. The van der Waals surface area contributed by atoms with Gasteiger partial charge in [0, 0.05) is 42.7 Å². The van der Waals surface area contributed by atoms with Crippen molar-refractivity contribution in [3.8, 4) is 11.3 Å². The zero-order chi connectivity index (χ0) is 22.5. The van der Waals surface area contributed by atoms with Crippen LogP contribution >= 0.6 is 0 Å². The fourth-order valence-corrected chi connectivity index (χ4v) is 3.47. The number of hydrogen-bond donors (Lipinski definition) is 1. The second-order valence-electron chi connectivity index (χ2n) is 7.49. The lowest BCUT2D eigenvalue weighted by Gasteiger charge is -2.06. The molecule has 2 heterocycles. The van der Waals surface area contributed by atoms with E-state index in [1.54, 1.807) is 29.1 Å². The van der Waals surface area contributed by atoms with Crippen LogP contribution in [0.4, 0.5) is 10.1 Å². The van der Waals surface area contributed by atoms with E-state index >= 15 is 0 Å². The second-order valence-corrected chi connectivity index (χ2v) is 7.49. The number of carbonyl (C=O) groups excluding carboxylic acids is 1. The van der Waals surface area contributed by atoms with E-state index in [2.05, 4.69) is 22.3 Å². The first-order valence-electron chi connectivity index (χ1n) is 10.4. The van der Waals surface area contributed by atoms with Crippen LogP contribution in [0.5, 0.6) is 0 Å². The SMILES string of the molecule is CCc1cn(Cc2ccc(NC(=O)C=Cc3cnn(C)c3-c3ccc(F)cc3)cc2)cn1. The van der Waals surface area contributed by atoms with Crippen LogP contribution < -0.4 is 5.32 Å². The van der Waals surface area contributed by atoms with E-state index in [1.807, 2.05) is 48.4 Å². The molecule has 1 amide bonds. The van der Waals surface area contributed by atoms with Gasteiger partial charge in [-0.1, -0.05) is 19.1 Å². The molecule has 0 aliphatic carbocycles. The highest BCUT2D eigenvalue weighted by molar-refractivity contribution is 6.02. The monoisotopic (exact) mass is 429 g/mol. The van der Waals surface area contributed by atoms with Crippen LogP contribution in [-0.2, 0) is 24.8 Å². The Balaban J connectivity index is 1.40. The highest BCUT2D eigenvalue weighted by atomic mass is 19.1. The molecule has 4 aromatic rings. The fraction of sp³-hybridized carbons (Fsp3) is 0.160. The quantitative estimate of drug-likeness (QED) is 0.434. The van der Waals surface area contributed by atoms with Gasteiger partial charge < -0.3 is 9.88 Å². The summed E-state index contributed by atoms with van der Waals surface area (Å²) < 4.78 is 17.0. The molecule has 162 valence electrons. The molecule has 0 atom stereocenters. The minimum absolute atomic E-state index is 0.242. The van der Waals surface area contributed by atoms with Gasteiger partial charge in [0.15, 0.2) is 0 Å². The van der Waals surface area contributed by atoms with Crippen molar-refractivity contribution in [2.45, 2.75) is 19.9 Å². The largest absolute Gasteiger partial charge is 0.333 e. The summed E-state index contributed by atoms with van der Waals surface area (Å²) in [5.41, 5.74) is 5.31. The van der Waals surface area contributed by atoms with Crippen LogP contribution in [0.25, 0.3) is 17.3 Å². The third-order valence-electron chi connectivity index (χ3n) is 5.13. The van der Waals surface area contributed by atoms with E-state index in [9.17, 15) is 9.18 Å². The Morgan fingerprint density at radius 2 is 1.88 bits per heavy atom. The standard InChI is InChI=1S/C25H24FN5O/c1-3-22-16-31(17-27-22)15-18-4-11-23(12-5-18)29-24(32)13-8-20-14-28-30(2)25(20)19-6-9-21(26)10-7-19/h4-14,16-17H,3,15H2,1-2H3,(H,29,32). The molecule has 2 aromatic heterocycles. The van der Waals surface area contributed by atoms with Crippen molar-refractivity contribution in [2.75, 3.05) is 5.32 Å². The van der Waals surface area contributed by atoms with Gasteiger partial charge in [-0.15, -0.1) is 0 Å². The zero-order valence-electron chi connectivity index (χ0n) is 18.0. The van der Waals surface area contributed by atoms with Crippen molar-refractivity contribution in [3.05, 3.63) is 96.0 Å². The third-order valence-corrected chi connectivity index (χ3v) is 5.13. The number of aromatic nitrogens is 4. The van der Waals surface area contributed by atoms with Gasteiger partial charge in [-0.05, 0) is 54.5 Å². The molecular weight excluding hydrogens is 405 g/mol. The molecule has 0 aliphatic rings. The minimum Gasteiger partial charge on any atom is -0.333 e. The Morgan fingerprint density at radius 3 is 2.56 bits per heavy atom. The number of benzene rings is 2. The number of hydrogen-bond acceptors (Lipinski definition) is 3. The third kappa shape index (κ3) is 5.00. The van der Waals surface area contributed by atoms with Gasteiger partial charge in [-0.25, -0.2) is 9.37 Å². The molecule has 0 unspecified atom stereocenters. The molecule has 0 saturated heterocycles. The predicted octanol–water partition coefficient (Wildman–Crippen LogP) is 4.69. The molecule has 0 aliphatic heterocycles. The van der Waals surface area contributed by atoms with Gasteiger partial charge in [0.2, 0.25) is 5.91 Å². The number of nitrogens with zero attached hydrogens (tertiary/aromatic N) is 4. The topological polar surface area (TPSA) is 64.7 Å². The van der Waals surface area contributed by atoms with E-state index in [0.29, 0.717) is 5.69 Å². The van der Waals surface area contributed by atoms with Crippen LogP contribution in [0.3, 0.4) is 0 Å². The summed E-state index contributed by atoms with van der Waals surface area (Å²) in [6.07, 6.45) is 9.64. The number of imidazole rings is 1. The van der Waals surface area contributed by atoms with Gasteiger partial charge >= 0.3 is 0 Å². The average molecular weight is 429 g/mol. The number of amides is 1. The normalized spacial score (nSPS) is 11.2. The highest BCUT2D eigenvalue weighted by Gasteiger charge is 2.09. The van der Waals surface area contributed by atoms with E-state index in [-0.39, 0.29) is 11.7 Å². The number of nitrogens with one attached hydrogen (secondary N) is 1. The molecule has 0 spiro atoms. The van der Waals surface area contributed by atoms with Crippen molar-refractivity contribution in [1.82, 2.24) is 19.3 Å². The Kier molecular flexibility index (Phi) is 6.26. The predicted molar refractivity (Wildman–Crippen MR) is 123 cm³/mol. The first-order chi connectivity index (χ1) is 15.5. The van der Waals surface area contributed by atoms with Crippen molar-refractivity contribution in [2.24, 2.45) is 7.05 Å². The number of aryl methyl sites for hydroxylation is 2.